The van der Waals surface area contributed by atoms with E-state index in [4.69, 9.17) is 21.7 Å². The van der Waals surface area contributed by atoms with E-state index in [1.165, 1.54) is 0 Å². The number of aromatic nitrogens is 3. The number of pyridine rings is 1. The van der Waals surface area contributed by atoms with Crippen LogP contribution in [-0.4, -0.2) is 39.4 Å². The molecule has 0 unspecified atom stereocenters. The number of benzene rings is 1. The summed E-state index contributed by atoms with van der Waals surface area (Å²) in [6.45, 7) is 0. The van der Waals surface area contributed by atoms with Crippen molar-refractivity contribution in [3.8, 4) is 22.8 Å². The monoisotopic (exact) mass is 359 g/mol. The number of nitrogens with zero attached hydrogens (tertiary/aromatic N) is 3. The average Bonchev–Trinajstić information content (AvgIpc) is 2.84. The predicted molar refractivity (Wildman–Crippen MR) is 96.0 cm³/mol. The van der Waals surface area contributed by atoms with E-state index in [9.17, 15) is 9.90 Å². The second kappa shape index (κ2) is 6.21. The Bertz CT molecular complexity index is 1050. The van der Waals surface area contributed by atoms with Crippen molar-refractivity contribution in [1.29, 1.82) is 0 Å². The number of ether oxygens (including phenoxy) is 2. The zero-order chi connectivity index (χ0) is 18.3. The number of rotatable bonds is 4. The molecule has 0 saturated heterocycles. The molecule has 7 nitrogen and oxygen atoms in total. The Morgan fingerprint density at radius 2 is 1.80 bits per heavy atom. The molecule has 0 fully saturated rings. The van der Waals surface area contributed by atoms with Gasteiger partial charge in [-0.3, -0.25) is 0 Å². The van der Waals surface area contributed by atoms with Gasteiger partial charge in [0.15, 0.2) is 21.9 Å². The van der Waals surface area contributed by atoms with Crippen molar-refractivity contribution in [3.63, 3.8) is 0 Å². The molecule has 0 saturated carbocycles. The lowest BCUT2D eigenvalue weighted by Gasteiger charge is -2.10. The average molecular weight is 359 g/mol. The van der Waals surface area contributed by atoms with Crippen molar-refractivity contribution in [1.82, 2.24) is 14.1 Å². The van der Waals surface area contributed by atoms with Crippen molar-refractivity contribution in [2.24, 2.45) is 14.1 Å². The minimum absolute atomic E-state index is 0.143. The van der Waals surface area contributed by atoms with Gasteiger partial charge in [-0.25, -0.2) is 9.78 Å². The normalized spacial score (nSPS) is 10.9. The SMILES string of the molecule is COc1ccc(-c2cc(C(=O)O)c3c(n2)n(C)c(=S)n3C)cc1OC. The lowest BCUT2D eigenvalue weighted by atomic mass is 10.1. The van der Waals surface area contributed by atoms with Gasteiger partial charge in [0, 0.05) is 19.7 Å². The van der Waals surface area contributed by atoms with Crippen LogP contribution in [0.25, 0.3) is 22.4 Å². The number of hydrogen-bond donors (Lipinski definition) is 1. The molecule has 8 heteroatoms. The number of carboxylic acid groups (broad SMARTS) is 1. The lowest BCUT2D eigenvalue weighted by Crippen LogP contribution is -2.03. The summed E-state index contributed by atoms with van der Waals surface area (Å²) in [6, 6.07) is 6.86. The van der Waals surface area contributed by atoms with E-state index in [1.807, 2.05) is 0 Å². The highest BCUT2D eigenvalue weighted by Gasteiger charge is 2.19. The molecular formula is C17H17N3O4S. The maximum Gasteiger partial charge on any atom is 0.338 e. The first kappa shape index (κ1) is 17.0. The number of aryl methyl sites for hydroxylation is 2. The van der Waals surface area contributed by atoms with Crippen LogP contribution >= 0.6 is 12.2 Å². The Morgan fingerprint density at radius 1 is 1.12 bits per heavy atom. The predicted octanol–water partition coefficient (Wildman–Crippen LogP) is 3.02. The number of fused-ring (bicyclic) bond motifs is 1. The van der Waals surface area contributed by atoms with E-state index in [0.717, 1.165) is 5.56 Å². The summed E-state index contributed by atoms with van der Waals surface area (Å²) in [5, 5.41) is 9.63. The van der Waals surface area contributed by atoms with Gasteiger partial charge in [-0.15, -0.1) is 0 Å². The van der Waals surface area contributed by atoms with Gasteiger partial charge in [-0.2, -0.15) is 0 Å². The Morgan fingerprint density at radius 3 is 2.40 bits per heavy atom. The minimum Gasteiger partial charge on any atom is -0.493 e. The fourth-order valence-electron chi connectivity index (χ4n) is 2.81. The van der Waals surface area contributed by atoms with E-state index in [-0.39, 0.29) is 5.56 Å². The fourth-order valence-corrected chi connectivity index (χ4v) is 2.98. The van der Waals surface area contributed by atoms with Gasteiger partial charge in [-0.05, 0) is 36.5 Å². The van der Waals surface area contributed by atoms with Crippen molar-refractivity contribution in [2.45, 2.75) is 0 Å². The molecule has 0 radical (unpaired) electrons. The zero-order valence-corrected chi connectivity index (χ0v) is 15.0. The third-order valence-electron chi connectivity index (χ3n) is 4.11. The highest BCUT2D eigenvalue weighted by atomic mass is 32.1. The lowest BCUT2D eigenvalue weighted by molar-refractivity contribution is 0.0698. The van der Waals surface area contributed by atoms with E-state index >= 15 is 0 Å². The molecule has 2 heterocycles. The van der Waals surface area contributed by atoms with Gasteiger partial charge >= 0.3 is 5.97 Å². The van der Waals surface area contributed by atoms with Crippen LogP contribution in [0.3, 0.4) is 0 Å². The summed E-state index contributed by atoms with van der Waals surface area (Å²) < 4.78 is 14.4. The Kier molecular flexibility index (Phi) is 4.22. The number of aromatic carboxylic acids is 1. The zero-order valence-electron chi connectivity index (χ0n) is 14.2. The van der Waals surface area contributed by atoms with Gasteiger partial charge in [-0.1, -0.05) is 0 Å². The number of imidazole rings is 1. The summed E-state index contributed by atoms with van der Waals surface area (Å²) in [4.78, 5) is 16.4. The molecule has 0 aliphatic carbocycles. The molecule has 130 valence electrons. The first-order valence-corrected chi connectivity index (χ1v) is 7.82. The molecule has 0 bridgehead atoms. The van der Waals surface area contributed by atoms with Gasteiger partial charge in [0.05, 0.1) is 25.5 Å². The van der Waals surface area contributed by atoms with Crippen LogP contribution in [0.4, 0.5) is 0 Å². The molecule has 0 aliphatic rings. The second-order valence-corrected chi connectivity index (χ2v) is 5.87. The number of hydrogen-bond acceptors (Lipinski definition) is 5. The van der Waals surface area contributed by atoms with Crippen molar-refractivity contribution < 1.29 is 19.4 Å². The molecule has 25 heavy (non-hydrogen) atoms. The molecule has 1 N–H and O–H groups in total. The maximum atomic E-state index is 11.8. The molecule has 0 atom stereocenters. The highest BCUT2D eigenvalue weighted by Crippen LogP contribution is 2.33. The van der Waals surface area contributed by atoms with Crippen LogP contribution in [0, 0.1) is 4.77 Å². The molecular weight excluding hydrogens is 342 g/mol. The quantitative estimate of drug-likeness (QED) is 0.722. The van der Waals surface area contributed by atoms with Crippen molar-refractivity contribution >= 4 is 29.4 Å². The van der Waals surface area contributed by atoms with Crippen LogP contribution in [0.15, 0.2) is 24.3 Å². The smallest absolute Gasteiger partial charge is 0.338 e. The minimum atomic E-state index is -1.04. The number of carbonyl (C=O) groups is 1. The Balaban J connectivity index is 2.33. The van der Waals surface area contributed by atoms with E-state index in [1.54, 1.807) is 61.7 Å². The molecule has 1 aromatic carbocycles. The van der Waals surface area contributed by atoms with Gasteiger partial charge in [0.1, 0.15) is 5.52 Å². The molecule has 2 aromatic heterocycles. The fraction of sp³-hybridized carbons (Fsp3) is 0.235. The van der Waals surface area contributed by atoms with E-state index in [2.05, 4.69) is 4.98 Å². The molecule has 0 aliphatic heterocycles. The van der Waals surface area contributed by atoms with Gasteiger partial charge in [0.25, 0.3) is 0 Å². The third-order valence-corrected chi connectivity index (χ3v) is 4.66. The van der Waals surface area contributed by atoms with Crippen LogP contribution < -0.4 is 9.47 Å². The van der Waals surface area contributed by atoms with Crippen LogP contribution in [0.5, 0.6) is 11.5 Å². The topological polar surface area (TPSA) is 78.5 Å². The molecule has 3 rings (SSSR count). The Labute approximate surface area is 149 Å². The Hall–Kier alpha value is -2.87. The maximum absolute atomic E-state index is 11.8. The summed E-state index contributed by atoms with van der Waals surface area (Å²) in [6.07, 6.45) is 0. The highest BCUT2D eigenvalue weighted by molar-refractivity contribution is 7.71. The summed E-state index contributed by atoms with van der Waals surface area (Å²) in [5.41, 5.74) is 2.38. The molecule has 0 amide bonds. The first-order chi connectivity index (χ1) is 11.9. The van der Waals surface area contributed by atoms with E-state index < -0.39 is 5.97 Å². The standard InChI is InChI=1S/C17H17N3O4S/c1-19-14-10(16(21)22)8-11(18-15(14)20(2)17(19)25)9-5-6-12(23-3)13(7-9)24-4/h5-8H,1-4H3,(H,21,22). The van der Waals surface area contributed by atoms with Crippen LogP contribution in [-0.2, 0) is 14.1 Å². The van der Waals surface area contributed by atoms with Crippen LogP contribution in [0.2, 0.25) is 0 Å². The van der Waals surface area contributed by atoms with Crippen molar-refractivity contribution in [3.05, 3.63) is 34.6 Å². The van der Waals surface area contributed by atoms with E-state index in [0.29, 0.717) is 33.1 Å². The number of methoxy groups -OCH3 is 2. The van der Waals surface area contributed by atoms with Crippen LogP contribution in [0.1, 0.15) is 10.4 Å². The second-order valence-electron chi connectivity index (χ2n) is 5.50. The number of carboxylic acids is 1. The van der Waals surface area contributed by atoms with Gasteiger partial charge in [0.2, 0.25) is 0 Å². The largest absolute Gasteiger partial charge is 0.493 e. The molecule has 3 aromatic rings. The summed E-state index contributed by atoms with van der Waals surface area (Å²) in [5.74, 6) is 0.0920. The first-order valence-electron chi connectivity index (χ1n) is 7.41. The molecule has 0 spiro atoms. The van der Waals surface area contributed by atoms with Gasteiger partial charge < -0.3 is 23.7 Å². The summed E-state index contributed by atoms with van der Waals surface area (Å²) in [7, 11) is 6.59. The third kappa shape index (κ3) is 2.64. The summed E-state index contributed by atoms with van der Waals surface area (Å²) >= 11 is 5.33. The van der Waals surface area contributed by atoms with Crippen molar-refractivity contribution in [2.75, 3.05) is 14.2 Å².